The molecule has 1 aromatic carbocycles. The summed E-state index contributed by atoms with van der Waals surface area (Å²) in [5.74, 6) is -2.32. The number of carbonyl (C=O) groups excluding carboxylic acids is 1. The van der Waals surface area contributed by atoms with Crippen LogP contribution in [0, 0.1) is 17.0 Å². The molecule has 1 saturated heterocycles. The number of hydrogen-bond acceptors (Lipinski definition) is 2. The summed E-state index contributed by atoms with van der Waals surface area (Å²) in [7, 11) is 0. The lowest BCUT2D eigenvalue weighted by Crippen LogP contribution is -2.45. The van der Waals surface area contributed by atoms with E-state index in [2.05, 4.69) is 17.6 Å². The Kier molecular flexibility index (Phi) is 4.14. The molecule has 0 aromatic heterocycles. The van der Waals surface area contributed by atoms with Crippen molar-refractivity contribution in [2.24, 2.45) is 5.41 Å². The van der Waals surface area contributed by atoms with Crippen LogP contribution in [0.4, 0.5) is 8.78 Å². The number of piperidine rings is 1. The van der Waals surface area contributed by atoms with Gasteiger partial charge in [-0.05, 0) is 43.0 Å². The summed E-state index contributed by atoms with van der Waals surface area (Å²) in [4.78, 5) is 11.9. The van der Waals surface area contributed by atoms with Crippen LogP contribution in [0.5, 0.6) is 0 Å². The van der Waals surface area contributed by atoms with E-state index in [9.17, 15) is 13.6 Å². The Morgan fingerprint density at radius 3 is 2.84 bits per heavy atom. The zero-order valence-electron chi connectivity index (χ0n) is 10.9. The summed E-state index contributed by atoms with van der Waals surface area (Å²) in [5, 5.41) is 6.08. The largest absolute Gasteiger partial charge is 0.351 e. The van der Waals surface area contributed by atoms with Gasteiger partial charge in [0.05, 0.1) is 0 Å². The van der Waals surface area contributed by atoms with E-state index >= 15 is 0 Å². The van der Waals surface area contributed by atoms with Gasteiger partial charge in [0.2, 0.25) is 0 Å². The topological polar surface area (TPSA) is 41.1 Å². The van der Waals surface area contributed by atoms with E-state index in [1.54, 1.807) is 0 Å². The number of amides is 1. The van der Waals surface area contributed by atoms with Crippen molar-refractivity contribution in [3.63, 3.8) is 0 Å². The van der Waals surface area contributed by atoms with Gasteiger partial charge in [-0.25, -0.2) is 8.78 Å². The maximum absolute atomic E-state index is 13.0. The Balaban J connectivity index is 1.95. The highest BCUT2D eigenvalue weighted by atomic mass is 19.2. The fourth-order valence-electron chi connectivity index (χ4n) is 2.30. The molecular formula is C14H18F2N2O. The lowest BCUT2D eigenvalue weighted by molar-refractivity contribution is 0.0924. The van der Waals surface area contributed by atoms with Gasteiger partial charge in [0.15, 0.2) is 11.6 Å². The molecule has 0 saturated carbocycles. The van der Waals surface area contributed by atoms with Crippen LogP contribution in [0.3, 0.4) is 0 Å². The third-order valence-corrected chi connectivity index (χ3v) is 3.54. The van der Waals surface area contributed by atoms with Gasteiger partial charge < -0.3 is 10.6 Å². The van der Waals surface area contributed by atoms with E-state index in [0.29, 0.717) is 6.54 Å². The van der Waals surface area contributed by atoms with Crippen LogP contribution >= 0.6 is 0 Å². The third-order valence-electron chi connectivity index (χ3n) is 3.54. The number of hydrogen-bond donors (Lipinski definition) is 2. The van der Waals surface area contributed by atoms with E-state index in [1.165, 1.54) is 6.07 Å². The molecule has 1 aromatic rings. The predicted molar refractivity (Wildman–Crippen MR) is 68.9 cm³/mol. The molecule has 1 aliphatic heterocycles. The van der Waals surface area contributed by atoms with Gasteiger partial charge in [-0.2, -0.15) is 0 Å². The Labute approximate surface area is 111 Å². The van der Waals surface area contributed by atoms with Crippen LogP contribution in [-0.2, 0) is 0 Å². The summed E-state index contributed by atoms with van der Waals surface area (Å²) in [6.07, 6.45) is 2.12. The molecule has 2 N–H and O–H groups in total. The van der Waals surface area contributed by atoms with Crippen molar-refractivity contribution in [2.45, 2.75) is 19.8 Å². The fraction of sp³-hybridized carbons (Fsp3) is 0.500. The zero-order chi connectivity index (χ0) is 13.9. The van der Waals surface area contributed by atoms with Crippen molar-refractivity contribution < 1.29 is 13.6 Å². The van der Waals surface area contributed by atoms with Gasteiger partial charge in [-0.1, -0.05) is 6.92 Å². The van der Waals surface area contributed by atoms with Crippen molar-refractivity contribution in [1.29, 1.82) is 0 Å². The van der Waals surface area contributed by atoms with Gasteiger partial charge in [0.1, 0.15) is 0 Å². The van der Waals surface area contributed by atoms with Gasteiger partial charge in [-0.15, -0.1) is 0 Å². The minimum absolute atomic E-state index is 0.0203. The Morgan fingerprint density at radius 1 is 1.42 bits per heavy atom. The number of carbonyl (C=O) groups is 1. The smallest absolute Gasteiger partial charge is 0.251 e. The molecule has 1 aliphatic rings. The van der Waals surface area contributed by atoms with E-state index in [1.807, 2.05) is 0 Å². The standard InChI is InChI=1S/C14H18F2N2O/c1-14(5-2-6-17-8-14)9-18-13(19)10-3-4-11(15)12(16)7-10/h3-4,7,17H,2,5-6,8-9H2,1H3,(H,18,19). The van der Waals surface area contributed by atoms with Crippen LogP contribution in [0.15, 0.2) is 18.2 Å². The molecule has 104 valence electrons. The van der Waals surface area contributed by atoms with Crippen LogP contribution in [0.1, 0.15) is 30.1 Å². The second-order valence-electron chi connectivity index (χ2n) is 5.40. The molecule has 1 atom stereocenters. The predicted octanol–water partition coefficient (Wildman–Crippen LogP) is 2.08. The van der Waals surface area contributed by atoms with Crippen LogP contribution in [0.2, 0.25) is 0 Å². The first-order chi connectivity index (χ1) is 9.00. The summed E-state index contributed by atoms with van der Waals surface area (Å²) < 4.78 is 25.8. The molecule has 2 rings (SSSR count). The summed E-state index contributed by atoms with van der Waals surface area (Å²) >= 11 is 0. The maximum Gasteiger partial charge on any atom is 0.251 e. The minimum atomic E-state index is -1.00. The highest BCUT2D eigenvalue weighted by molar-refractivity contribution is 5.94. The van der Waals surface area contributed by atoms with Gasteiger partial charge >= 0.3 is 0 Å². The first-order valence-corrected chi connectivity index (χ1v) is 6.44. The van der Waals surface area contributed by atoms with Crippen molar-refractivity contribution in [3.05, 3.63) is 35.4 Å². The zero-order valence-corrected chi connectivity index (χ0v) is 10.9. The molecule has 0 spiro atoms. The molecule has 3 nitrogen and oxygen atoms in total. The second-order valence-corrected chi connectivity index (χ2v) is 5.40. The van der Waals surface area contributed by atoms with E-state index in [0.717, 1.165) is 38.1 Å². The Hall–Kier alpha value is -1.49. The van der Waals surface area contributed by atoms with E-state index < -0.39 is 11.6 Å². The first-order valence-electron chi connectivity index (χ1n) is 6.44. The molecule has 0 aliphatic carbocycles. The molecular weight excluding hydrogens is 250 g/mol. The van der Waals surface area contributed by atoms with Crippen LogP contribution < -0.4 is 10.6 Å². The number of benzene rings is 1. The monoisotopic (exact) mass is 268 g/mol. The SMILES string of the molecule is CC1(CNC(=O)c2ccc(F)c(F)c2)CCCNC1. The Morgan fingerprint density at radius 2 is 2.21 bits per heavy atom. The van der Waals surface area contributed by atoms with Crippen molar-refractivity contribution in [2.75, 3.05) is 19.6 Å². The molecule has 0 bridgehead atoms. The third kappa shape index (κ3) is 3.50. The van der Waals surface area contributed by atoms with Gasteiger partial charge in [0, 0.05) is 18.7 Å². The maximum atomic E-state index is 13.0. The average molecular weight is 268 g/mol. The average Bonchev–Trinajstić information content (AvgIpc) is 2.40. The number of halogens is 2. The summed E-state index contributed by atoms with van der Waals surface area (Å²) in [5.41, 5.74) is 0.165. The molecule has 1 fully saturated rings. The van der Waals surface area contributed by atoms with E-state index in [4.69, 9.17) is 0 Å². The molecule has 1 unspecified atom stereocenters. The Bertz CT molecular complexity index is 471. The molecule has 1 heterocycles. The molecule has 1 amide bonds. The molecule has 0 radical (unpaired) electrons. The van der Waals surface area contributed by atoms with Crippen molar-refractivity contribution >= 4 is 5.91 Å². The van der Waals surface area contributed by atoms with Crippen molar-refractivity contribution in [1.82, 2.24) is 10.6 Å². The second kappa shape index (κ2) is 5.65. The van der Waals surface area contributed by atoms with E-state index in [-0.39, 0.29) is 16.9 Å². The van der Waals surface area contributed by atoms with Crippen molar-refractivity contribution in [3.8, 4) is 0 Å². The van der Waals surface area contributed by atoms with Gasteiger partial charge in [-0.3, -0.25) is 4.79 Å². The quantitative estimate of drug-likeness (QED) is 0.881. The number of rotatable bonds is 3. The normalized spacial score (nSPS) is 23.1. The highest BCUT2D eigenvalue weighted by Gasteiger charge is 2.27. The first kappa shape index (κ1) is 13.9. The highest BCUT2D eigenvalue weighted by Crippen LogP contribution is 2.24. The van der Waals surface area contributed by atoms with Crippen LogP contribution in [0.25, 0.3) is 0 Å². The summed E-state index contributed by atoms with van der Waals surface area (Å²) in [6, 6.07) is 3.18. The lowest BCUT2D eigenvalue weighted by Gasteiger charge is -2.34. The lowest BCUT2D eigenvalue weighted by atomic mass is 9.83. The fourth-order valence-corrected chi connectivity index (χ4v) is 2.30. The van der Waals surface area contributed by atoms with Gasteiger partial charge in [0.25, 0.3) is 5.91 Å². The van der Waals surface area contributed by atoms with Crippen LogP contribution in [-0.4, -0.2) is 25.5 Å². The molecule has 19 heavy (non-hydrogen) atoms. The molecule has 5 heteroatoms. The number of nitrogens with one attached hydrogen (secondary N) is 2. The minimum Gasteiger partial charge on any atom is -0.351 e. The summed E-state index contributed by atoms with van der Waals surface area (Å²) in [6.45, 7) is 4.49.